The number of carbonyl (C=O) groups is 1. The van der Waals surface area contributed by atoms with E-state index in [0.29, 0.717) is 11.3 Å². The summed E-state index contributed by atoms with van der Waals surface area (Å²) in [6.45, 7) is 0. The molecule has 0 heterocycles. The van der Waals surface area contributed by atoms with E-state index in [1.807, 2.05) is 18.4 Å². The van der Waals surface area contributed by atoms with Crippen LogP contribution in [0.3, 0.4) is 0 Å². The van der Waals surface area contributed by atoms with Gasteiger partial charge in [-0.3, -0.25) is 4.79 Å². The van der Waals surface area contributed by atoms with Crippen LogP contribution in [0.25, 0.3) is 0 Å². The van der Waals surface area contributed by atoms with Crippen LogP contribution < -0.4 is 5.32 Å². The number of rotatable bonds is 3. The van der Waals surface area contributed by atoms with Gasteiger partial charge in [-0.1, -0.05) is 11.6 Å². The van der Waals surface area contributed by atoms with Gasteiger partial charge >= 0.3 is 0 Å². The van der Waals surface area contributed by atoms with Crippen LogP contribution in [0.5, 0.6) is 0 Å². The topological polar surface area (TPSA) is 29.1 Å². The zero-order valence-corrected chi connectivity index (χ0v) is 11.7. The first-order chi connectivity index (χ1) is 9.10. The Morgan fingerprint density at radius 3 is 2.47 bits per heavy atom. The molecule has 1 N–H and O–H groups in total. The molecule has 0 radical (unpaired) electrons. The molecule has 0 atom stereocenters. The Hall–Kier alpha value is -1.52. The largest absolute Gasteiger partial charge is 0.322 e. The molecule has 0 bridgehead atoms. The van der Waals surface area contributed by atoms with Crippen molar-refractivity contribution in [2.75, 3.05) is 11.6 Å². The molecule has 1 amide bonds. The maximum atomic E-state index is 13.2. The second-order valence-corrected chi connectivity index (χ2v) is 5.10. The van der Waals surface area contributed by atoms with E-state index in [0.717, 1.165) is 4.90 Å². The predicted octanol–water partition coefficient (Wildman–Crippen LogP) is 4.45. The Morgan fingerprint density at radius 1 is 1.21 bits per heavy atom. The average Bonchev–Trinajstić information content (AvgIpc) is 2.43. The maximum absolute atomic E-state index is 13.2. The second-order valence-electron chi connectivity index (χ2n) is 3.81. The van der Waals surface area contributed by atoms with Gasteiger partial charge in [-0.05, 0) is 48.7 Å². The highest BCUT2D eigenvalue weighted by molar-refractivity contribution is 7.98. The predicted molar refractivity (Wildman–Crippen MR) is 77.6 cm³/mol. The van der Waals surface area contributed by atoms with Gasteiger partial charge in [0, 0.05) is 16.1 Å². The lowest BCUT2D eigenvalue weighted by Gasteiger charge is -2.06. The number of hydrogen-bond donors (Lipinski definition) is 1. The molecule has 2 rings (SSSR count). The SMILES string of the molecule is CSc1ccc(C(=O)Nc2ccc(Cl)c(F)c2)cc1. The normalized spacial score (nSPS) is 10.3. The van der Waals surface area contributed by atoms with Crippen LogP contribution in [0.1, 0.15) is 10.4 Å². The number of halogens is 2. The average molecular weight is 296 g/mol. The molecule has 0 fully saturated rings. The number of benzene rings is 2. The van der Waals surface area contributed by atoms with E-state index in [1.54, 1.807) is 30.0 Å². The standard InChI is InChI=1S/C14H11ClFNOS/c1-19-11-5-2-9(3-6-11)14(18)17-10-4-7-12(15)13(16)8-10/h2-8H,1H3,(H,17,18). The minimum absolute atomic E-state index is 0.0299. The van der Waals surface area contributed by atoms with Gasteiger partial charge in [0.05, 0.1) is 5.02 Å². The van der Waals surface area contributed by atoms with E-state index in [4.69, 9.17) is 11.6 Å². The van der Waals surface area contributed by atoms with Gasteiger partial charge in [-0.2, -0.15) is 0 Å². The van der Waals surface area contributed by atoms with Gasteiger partial charge in [-0.25, -0.2) is 4.39 Å². The Bertz CT molecular complexity index is 601. The summed E-state index contributed by atoms with van der Waals surface area (Å²) in [6.07, 6.45) is 1.96. The summed E-state index contributed by atoms with van der Waals surface area (Å²) in [6, 6.07) is 11.3. The highest BCUT2D eigenvalue weighted by Crippen LogP contribution is 2.20. The van der Waals surface area contributed by atoms with E-state index < -0.39 is 5.82 Å². The lowest BCUT2D eigenvalue weighted by atomic mass is 10.2. The highest BCUT2D eigenvalue weighted by atomic mass is 35.5. The van der Waals surface area contributed by atoms with Gasteiger partial charge < -0.3 is 5.32 Å². The van der Waals surface area contributed by atoms with Crippen molar-refractivity contribution in [2.24, 2.45) is 0 Å². The van der Waals surface area contributed by atoms with Gasteiger partial charge in [0.15, 0.2) is 0 Å². The van der Waals surface area contributed by atoms with Crippen molar-refractivity contribution in [3.05, 3.63) is 58.9 Å². The summed E-state index contributed by atoms with van der Waals surface area (Å²) >= 11 is 7.18. The van der Waals surface area contributed by atoms with Crippen molar-refractivity contribution in [3.63, 3.8) is 0 Å². The number of nitrogens with one attached hydrogen (secondary N) is 1. The first-order valence-corrected chi connectivity index (χ1v) is 7.11. The maximum Gasteiger partial charge on any atom is 0.255 e. The molecule has 0 aromatic heterocycles. The lowest BCUT2D eigenvalue weighted by Crippen LogP contribution is -2.11. The molecule has 2 nitrogen and oxygen atoms in total. The number of hydrogen-bond acceptors (Lipinski definition) is 2. The van der Waals surface area contributed by atoms with Gasteiger partial charge in [-0.15, -0.1) is 11.8 Å². The van der Waals surface area contributed by atoms with Gasteiger partial charge in [0.1, 0.15) is 5.82 Å². The fourth-order valence-electron chi connectivity index (χ4n) is 1.52. The summed E-state index contributed by atoms with van der Waals surface area (Å²) in [5.41, 5.74) is 0.897. The molecule has 2 aromatic carbocycles. The Kier molecular flexibility index (Phi) is 4.45. The summed E-state index contributed by atoms with van der Waals surface area (Å²) in [5.74, 6) is -0.841. The van der Waals surface area contributed by atoms with Crippen molar-refractivity contribution >= 4 is 35.0 Å². The number of thioether (sulfide) groups is 1. The van der Waals surface area contributed by atoms with E-state index in [-0.39, 0.29) is 10.9 Å². The minimum atomic E-state index is -0.558. The summed E-state index contributed by atoms with van der Waals surface area (Å²) < 4.78 is 13.2. The third kappa shape index (κ3) is 3.49. The molecule has 19 heavy (non-hydrogen) atoms. The van der Waals surface area contributed by atoms with Gasteiger partial charge in [0.2, 0.25) is 0 Å². The smallest absolute Gasteiger partial charge is 0.255 e. The van der Waals surface area contributed by atoms with E-state index in [1.165, 1.54) is 12.1 Å². The molecule has 5 heteroatoms. The Balaban J connectivity index is 2.13. The third-order valence-electron chi connectivity index (χ3n) is 2.53. The summed E-state index contributed by atoms with van der Waals surface area (Å²) in [5, 5.41) is 2.65. The molecule has 2 aromatic rings. The number of carbonyl (C=O) groups excluding carboxylic acids is 1. The Labute approximate surface area is 120 Å². The monoisotopic (exact) mass is 295 g/mol. The molecule has 0 aliphatic heterocycles. The summed E-state index contributed by atoms with van der Waals surface area (Å²) in [4.78, 5) is 13.0. The van der Waals surface area contributed by atoms with Crippen LogP contribution in [-0.2, 0) is 0 Å². The van der Waals surface area contributed by atoms with Crippen LogP contribution in [0.15, 0.2) is 47.4 Å². The molecule has 0 aliphatic rings. The van der Waals surface area contributed by atoms with Crippen LogP contribution in [0.4, 0.5) is 10.1 Å². The van der Waals surface area contributed by atoms with Crippen molar-refractivity contribution in [2.45, 2.75) is 4.90 Å². The molecule has 0 spiro atoms. The number of anilines is 1. The van der Waals surface area contributed by atoms with E-state index in [9.17, 15) is 9.18 Å². The zero-order valence-electron chi connectivity index (χ0n) is 10.1. The van der Waals surface area contributed by atoms with Crippen molar-refractivity contribution < 1.29 is 9.18 Å². The molecular weight excluding hydrogens is 285 g/mol. The Morgan fingerprint density at radius 2 is 1.89 bits per heavy atom. The molecule has 98 valence electrons. The summed E-state index contributed by atoms with van der Waals surface area (Å²) in [7, 11) is 0. The molecule has 0 unspecified atom stereocenters. The quantitative estimate of drug-likeness (QED) is 0.847. The zero-order chi connectivity index (χ0) is 13.8. The van der Waals surface area contributed by atoms with Crippen molar-refractivity contribution in [1.82, 2.24) is 0 Å². The third-order valence-corrected chi connectivity index (χ3v) is 3.58. The minimum Gasteiger partial charge on any atom is -0.322 e. The molecule has 0 saturated carbocycles. The van der Waals surface area contributed by atoms with Crippen LogP contribution in [0.2, 0.25) is 5.02 Å². The van der Waals surface area contributed by atoms with Gasteiger partial charge in [0.25, 0.3) is 5.91 Å². The molecule has 0 aliphatic carbocycles. The van der Waals surface area contributed by atoms with Crippen molar-refractivity contribution in [1.29, 1.82) is 0 Å². The first-order valence-electron chi connectivity index (χ1n) is 5.50. The fourth-order valence-corrected chi connectivity index (χ4v) is 2.05. The van der Waals surface area contributed by atoms with E-state index in [2.05, 4.69) is 5.32 Å². The fraction of sp³-hybridized carbons (Fsp3) is 0.0714. The number of amides is 1. The first kappa shape index (κ1) is 13.9. The lowest BCUT2D eigenvalue weighted by molar-refractivity contribution is 0.102. The second kappa shape index (κ2) is 6.08. The van der Waals surface area contributed by atoms with E-state index >= 15 is 0 Å². The van der Waals surface area contributed by atoms with Crippen LogP contribution in [0, 0.1) is 5.82 Å². The van der Waals surface area contributed by atoms with Crippen molar-refractivity contribution in [3.8, 4) is 0 Å². The van der Waals surface area contributed by atoms with Crippen LogP contribution >= 0.6 is 23.4 Å². The molecular formula is C14H11ClFNOS. The highest BCUT2D eigenvalue weighted by Gasteiger charge is 2.07. The van der Waals surface area contributed by atoms with Crippen LogP contribution in [-0.4, -0.2) is 12.2 Å². The molecule has 0 saturated heterocycles.